The molecule has 0 aliphatic carbocycles. The minimum atomic E-state index is -0.0158. The highest BCUT2D eigenvalue weighted by Gasteiger charge is 2.26. The summed E-state index contributed by atoms with van der Waals surface area (Å²) in [6.45, 7) is 2.84. The van der Waals surface area contributed by atoms with Gasteiger partial charge < -0.3 is 9.64 Å². The molecule has 1 aromatic carbocycles. The number of thioether (sulfide) groups is 1. The molecule has 0 spiro atoms. The van der Waals surface area contributed by atoms with Crippen LogP contribution in [0.5, 0.6) is 0 Å². The van der Waals surface area contributed by atoms with Crippen molar-refractivity contribution in [2.75, 3.05) is 31.3 Å². The molecular weight excluding hydrogens is 316 g/mol. The van der Waals surface area contributed by atoms with Crippen molar-refractivity contribution >= 4 is 28.8 Å². The number of anilines is 1. The van der Waals surface area contributed by atoms with E-state index >= 15 is 0 Å². The molecule has 0 amide bonds. The van der Waals surface area contributed by atoms with E-state index in [1.807, 2.05) is 21.0 Å². The fourth-order valence-electron chi connectivity index (χ4n) is 2.27. The Hall–Kier alpha value is -1.15. The van der Waals surface area contributed by atoms with Crippen LogP contribution in [0.3, 0.4) is 0 Å². The molecule has 1 aliphatic rings. The van der Waals surface area contributed by atoms with Gasteiger partial charge in [-0.25, -0.2) is 0 Å². The molecule has 22 heavy (non-hydrogen) atoms. The monoisotopic (exact) mass is 336 g/mol. The van der Waals surface area contributed by atoms with Crippen LogP contribution >= 0.6 is 23.1 Å². The molecule has 1 N–H and O–H groups in total. The van der Waals surface area contributed by atoms with Crippen LogP contribution in [-0.2, 0) is 4.74 Å². The number of rotatable bonds is 5. The van der Waals surface area contributed by atoms with Gasteiger partial charge in [0.1, 0.15) is 11.2 Å². The predicted molar refractivity (Wildman–Crippen MR) is 91.8 cm³/mol. The van der Waals surface area contributed by atoms with Crippen LogP contribution < -0.4 is 10.2 Å². The van der Waals surface area contributed by atoms with Gasteiger partial charge in [-0.1, -0.05) is 35.2 Å². The second-order valence-corrected chi connectivity index (χ2v) is 7.88. The smallest absolute Gasteiger partial charge is 0.174 e. The molecule has 1 saturated heterocycles. The van der Waals surface area contributed by atoms with Crippen molar-refractivity contribution in [1.29, 1.82) is 0 Å². The van der Waals surface area contributed by atoms with Crippen molar-refractivity contribution in [3.8, 4) is 0 Å². The molecule has 0 bridgehead atoms. The predicted octanol–water partition coefficient (Wildman–Crippen LogP) is 2.69. The molecule has 0 radical (unpaired) electrons. The lowest BCUT2D eigenvalue weighted by Gasteiger charge is -2.16. The summed E-state index contributed by atoms with van der Waals surface area (Å²) in [6, 6.07) is 8.48. The Morgan fingerprint density at radius 2 is 2.09 bits per heavy atom. The molecule has 1 aromatic heterocycles. The molecule has 118 valence electrons. The minimum absolute atomic E-state index is 0.0158. The number of aryl methyl sites for hydroxylation is 1. The third-order valence-corrected chi connectivity index (χ3v) is 5.58. The molecule has 7 heteroatoms. The highest BCUT2D eigenvalue weighted by Crippen LogP contribution is 2.28. The summed E-state index contributed by atoms with van der Waals surface area (Å²) < 4.78 is 7.10. The maximum Gasteiger partial charge on any atom is 0.174 e. The van der Waals surface area contributed by atoms with Crippen LogP contribution in [0.15, 0.2) is 28.6 Å². The Morgan fingerprint density at radius 1 is 1.32 bits per heavy atom. The van der Waals surface area contributed by atoms with Crippen LogP contribution in [0.2, 0.25) is 0 Å². The van der Waals surface area contributed by atoms with Gasteiger partial charge in [-0.2, -0.15) is 0 Å². The Labute approximate surface area is 139 Å². The number of ether oxygens (including phenoxy) is 1. The zero-order chi connectivity index (χ0) is 15.5. The molecule has 3 rings (SSSR count). The number of hydrogen-bond acceptors (Lipinski definition) is 7. The molecule has 0 saturated carbocycles. The van der Waals surface area contributed by atoms with Crippen LogP contribution in [0.25, 0.3) is 0 Å². The summed E-state index contributed by atoms with van der Waals surface area (Å²) >= 11 is 3.35. The van der Waals surface area contributed by atoms with Crippen molar-refractivity contribution in [2.24, 2.45) is 0 Å². The van der Waals surface area contributed by atoms with Gasteiger partial charge >= 0.3 is 0 Å². The Bertz CT molecular complexity index is 614. The van der Waals surface area contributed by atoms with E-state index in [0.717, 1.165) is 21.6 Å². The lowest BCUT2D eigenvalue weighted by atomic mass is 10.2. The second kappa shape index (κ2) is 6.95. The first-order chi connectivity index (χ1) is 10.6. The van der Waals surface area contributed by atoms with E-state index in [2.05, 4.69) is 44.7 Å². The largest absolute Gasteiger partial charge is 0.378 e. The molecular formula is C15H20N4OS2. The highest BCUT2D eigenvalue weighted by atomic mass is 32.2. The molecule has 2 atom stereocenters. The summed E-state index contributed by atoms with van der Waals surface area (Å²) in [7, 11) is 4.09. The van der Waals surface area contributed by atoms with Gasteiger partial charge in [0.25, 0.3) is 0 Å². The van der Waals surface area contributed by atoms with Crippen LogP contribution in [0, 0.1) is 6.92 Å². The van der Waals surface area contributed by atoms with E-state index < -0.39 is 0 Å². The van der Waals surface area contributed by atoms with E-state index in [9.17, 15) is 0 Å². The summed E-state index contributed by atoms with van der Waals surface area (Å²) in [6.07, 6.45) is 0.186. The van der Waals surface area contributed by atoms with Crippen molar-refractivity contribution < 1.29 is 4.74 Å². The first-order valence-corrected chi connectivity index (χ1v) is 9.01. The summed E-state index contributed by atoms with van der Waals surface area (Å²) in [4.78, 5) is 2.09. The van der Waals surface area contributed by atoms with Gasteiger partial charge in [-0.05, 0) is 24.6 Å². The van der Waals surface area contributed by atoms with Crippen molar-refractivity contribution in [3.05, 3.63) is 34.8 Å². The van der Waals surface area contributed by atoms with Crippen LogP contribution in [-0.4, -0.2) is 42.7 Å². The first-order valence-electron chi connectivity index (χ1n) is 7.21. The van der Waals surface area contributed by atoms with Gasteiger partial charge in [-0.15, -0.1) is 10.2 Å². The van der Waals surface area contributed by atoms with Gasteiger partial charge in [0, 0.05) is 32.1 Å². The molecule has 1 aliphatic heterocycles. The zero-order valence-electron chi connectivity index (χ0n) is 12.9. The average molecular weight is 336 g/mol. The van der Waals surface area contributed by atoms with E-state index in [-0.39, 0.29) is 12.3 Å². The second-order valence-electron chi connectivity index (χ2n) is 5.43. The number of hydrogen-bond donors (Lipinski definition) is 1. The topological polar surface area (TPSA) is 50.3 Å². The molecule has 1 fully saturated rings. The maximum atomic E-state index is 6.09. The lowest BCUT2D eigenvalue weighted by molar-refractivity contribution is 0.0535. The highest BCUT2D eigenvalue weighted by molar-refractivity contribution is 8.01. The van der Waals surface area contributed by atoms with E-state index in [1.54, 1.807) is 23.1 Å². The number of nitrogens with zero attached hydrogens (tertiary/aromatic N) is 3. The van der Waals surface area contributed by atoms with E-state index in [0.29, 0.717) is 0 Å². The quantitative estimate of drug-likeness (QED) is 0.847. The summed E-state index contributed by atoms with van der Waals surface area (Å²) in [5.74, 6) is 0.897. The SMILES string of the molecule is Cc1nnc(SC[C@H]2CN[C@H](c3ccc(N(C)C)cc3)O2)s1. The van der Waals surface area contributed by atoms with Crippen molar-refractivity contribution in [1.82, 2.24) is 15.5 Å². The molecule has 2 heterocycles. The molecule has 5 nitrogen and oxygen atoms in total. The van der Waals surface area contributed by atoms with Gasteiger partial charge in [0.05, 0.1) is 6.10 Å². The average Bonchev–Trinajstić information content (AvgIpc) is 3.14. The number of aromatic nitrogens is 2. The summed E-state index contributed by atoms with van der Waals surface area (Å²) in [5, 5.41) is 12.6. The third kappa shape index (κ3) is 3.78. The van der Waals surface area contributed by atoms with Crippen molar-refractivity contribution in [2.45, 2.75) is 23.6 Å². The minimum Gasteiger partial charge on any atom is -0.378 e. The van der Waals surface area contributed by atoms with E-state index in [4.69, 9.17) is 4.74 Å². The lowest BCUT2D eigenvalue weighted by Crippen LogP contribution is -2.16. The zero-order valence-corrected chi connectivity index (χ0v) is 14.6. The first kappa shape index (κ1) is 15.7. The van der Waals surface area contributed by atoms with E-state index in [1.165, 1.54) is 11.3 Å². The normalized spacial score (nSPS) is 21.2. The van der Waals surface area contributed by atoms with Crippen LogP contribution in [0.1, 0.15) is 16.8 Å². The van der Waals surface area contributed by atoms with Gasteiger partial charge in [0.2, 0.25) is 0 Å². The molecule has 2 aromatic rings. The maximum absolute atomic E-state index is 6.09. The molecule has 0 unspecified atom stereocenters. The standard InChI is InChI=1S/C15H20N4OS2/c1-10-17-18-15(22-10)21-9-13-8-16-14(20-13)11-4-6-12(7-5-11)19(2)3/h4-7,13-14,16H,8-9H2,1-3H3/t13-,14+/m1/s1. The van der Waals surface area contributed by atoms with Crippen LogP contribution in [0.4, 0.5) is 5.69 Å². The number of benzene rings is 1. The van der Waals surface area contributed by atoms with Gasteiger partial charge in [-0.3, -0.25) is 5.32 Å². The third-order valence-electron chi connectivity index (χ3n) is 3.47. The Morgan fingerprint density at radius 3 is 2.73 bits per heavy atom. The number of nitrogens with one attached hydrogen (secondary N) is 1. The Kier molecular flexibility index (Phi) is 4.97. The summed E-state index contributed by atoms with van der Waals surface area (Å²) in [5.41, 5.74) is 2.37. The Balaban J connectivity index is 1.53. The fraction of sp³-hybridized carbons (Fsp3) is 0.467. The van der Waals surface area contributed by atoms with Gasteiger partial charge in [0.15, 0.2) is 4.34 Å². The fourth-order valence-corrected chi connectivity index (χ4v) is 4.11. The van der Waals surface area contributed by atoms with Crippen molar-refractivity contribution in [3.63, 3.8) is 0 Å².